The lowest BCUT2D eigenvalue weighted by atomic mass is 10.1. The Balaban J connectivity index is 0. The molecule has 0 unspecified atom stereocenters. The van der Waals surface area contributed by atoms with Gasteiger partial charge < -0.3 is 0 Å². The van der Waals surface area contributed by atoms with Crippen molar-refractivity contribution in [1.29, 1.82) is 0 Å². The Morgan fingerprint density at radius 1 is 0.708 bits per heavy atom. The van der Waals surface area contributed by atoms with Gasteiger partial charge in [0.15, 0.2) is 5.65 Å². The van der Waals surface area contributed by atoms with Crippen LogP contribution in [0.4, 0.5) is 0 Å². The molecule has 0 radical (unpaired) electrons. The minimum Gasteiger partial charge on any atom is -0.232 e. The van der Waals surface area contributed by atoms with E-state index in [9.17, 15) is 0 Å². The maximum atomic E-state index is 4.53. The predicted octanol–water partition coefficient (Wildman–Crippen LogP) is 6.94. The van der Waals surface area contributed by atoms with Crippen LogP contribution < -0.4 is 0 Å². The average Bonchev–Trinajstić information content (AvgIpc) is 2.80. The Morgan fingerprint density at radius 3 is 1.50 bits per heavy atom. The van der Waals surface area contributed by atoms with Gasteiger partial charge in [0, 0.05) is 0 Å². The summed E-state index contributed by atoms with van der Waals surface area (Å²) in [5.41, 5.74) is 3.14. The first-order valence-electron chi connectivity index (χ1n) is 8.90. The van der Waals surface area contributed by atoms with Crippen molar-refractivity contribution in [1.82, 2.24) is 14.6 Å². The van der Waals surface area contributed by atoms with Crippen molar-refractivity contribution in [3.8, 4) is 0 Å². The Morgan fingerprint density at radius 2 is 1.12 bits per heavy atom. The minimum absolute atomic E-state index is 0. The van der Waals surface area contributed by atoms with E-state index in [-0.39, 0.29) is 7.43 Å². The van der Waals surface area contributed by atoms with Gasteiger partial charge >= 0.3 is 0 Å². The normalized spacial score (nSPS) is 10.4. The molecule has 0 spiro atoms. The molecule has 3 nitrogen and oxygen atoms in total. The van der Waals surface area contributed by atoms with Gasteiger partial charge in [0.2, 0.25) is 0 Å². The van der Waals surface area contributed by atoms with Crippen molar-refractivity contribution >= 4 is 5.65 Å². The summed E-state index contributed by atoms with van der Waals surface area (Å²) in [5, 5.41) is 4.53. The average molecular weight is 336 g/mol. The molecule has 0 atom stereocenters. The zero-order valence-electron chi connectivity index (χ0n) is 16.9. The fourth-order valence-corrected chi connectivity index (χ4v) is 1.50. The molecule has 0 aliphatic carbocycles. The molecule has 2 heterocycles. The maximum absolute atomic E-state index is 4.53. The van der Waals surface area contributed by atoms with Gasteiger partial charge in [0.05, 0.1) is 17.6 Å². The maximum Gasteiger partial charge on any atom is 0.153 e. The van der Waals surface area contributed by atoms with Crippen molar-refractivity contribution in [3.05, 3.63) is 29.7 Å². The summed E-state index contributed by atoms with van der Waals surface area (Å²) in [5.74, 6) is 2.58. The molecule has 0 saturated heterocycles. The summed E-state index contributed by atoms with van der Waals surface area (Å²) in [6, 6.07) is 4.09. The number of rotatable bonds is 2. The molecular weight excluding hydrogens is 294 g/mol. The van der Waals surface area contributed by atoms with E-state index < -0.39 is 0 Å². The van der Waals surface area contributed by atoms with Crippen LogP contribution in [0.5, 0.6) is 0 Å². The first-order valence-corrected chi connectivity index (χ1v) is 8.90. The molecule has 3 heteroatoms. The van der Waals surface area contributed by atoms with Crippen molar-refractivity contribution in [2.24, 2.45) is 11.8 Å². The van der Waals surface area contributed by atoms with Gasteiger partial charge in [-0.3, -0.25) is 0 Å². The van der Waals surface area contributed by atoms with Crippen molar-refractivity contribution in [2.45, 2.75) is 88.5 Å². The third-order valence-electron chi connectivity index (χ3n) is 2.54. The third-order valence-corrected chi connectivity index (χ3v) is 2.54. The molecular formula is C21H41N3. The Bertz CT molecular complexity index is 534. The van der Waals surface area contributed by atoms with E-state index in [0.717, 1.165) is 28.9 Å². The fourth-order valence-electron chi connectivity index (χ4n) is 1.50. The number of fused-ring (bicyclic) bond motifs is 1. The summed E-state index contributed by atoms with van der Waals surface area (Å²) in [4.78, 5) is 4.51. The highest BCUT2D eigenvalue weighted by molar-refractivity contribution is 5.39. The highest BCUT2D eigenvalue weighted by Crippen LogP contribution is 2.16. The number of hydrogen-bond acceptors (Lipinski definition) is 2. The molecule has 2 aromatic rings. The van der Waals surface area contributed by atoms with Crippen LogP contribution in [-0.4, -0.2) is 14.6 Å². The summed E-state index contributed by atoms with van der Waals surface area (Å²) >= 11 is 0. The molecule has 2 aromatic heterocycles. The zero-order chi connectivity index (χ0) is 18.2. The second kappa shape index (κ2) is 12.0. The van der Waals surface area contributed by atoms with Crippen LogP contribution in [0, 0.1) is 11.8 Å². The van der Waals surface area contributed by atoms with Gasteiger partial charge in [-0.2, -0.15) is 5.10 Å². The molecule has 0 aromatic carbocycles. The van der Waals surface area contributed by atoms with Crippen molar-refractivity contribution < 1.29 is 0 Å². The first kappa shape index (κ1) is 24.9. The van der Waals surface area contributed by atoms with E-state index in [1.54, 1.807) is 0 Å². The zero-order valence-corrected chi connectivity index (χ0v) is 16.9. The van der Waals surface area contributed by atoms with Gasteiger partial charge in [-0.1, -0.05) is 76.7 Å². The molecule has 0 amide bonds. The molecule has 0 aliphatic rings. The molecule has 0 aliphatic heterocycles. The molecule has 2 rings (SSSR count). The van der Waals surface area contributed by atoms with E-state index in [0.29, 0.717) is 11.8 Å². The van der Waals surface area contributed by atoms with Crippen LogP contribution in [-0.2, 0) is 0 Å². The number of aromatic nitrogens is 3. The largest absolute Gasteiger partial charge is 0.232 e. The van der Waals surface area contributed by atoms with Crippen LogP contribution in [0.15, 0.2) is 18.3 Å². The molecule has 140 valence electrons. The van der Waals surface area contributed by atoms with Crippen LogP contribution in [0.3, 0.4) is 0 Å². The van der Waals surface area contributed by atoms with Crippen molar-refractivity contribution in [2.75, 3.05) is 0 Å². The number of hydrogen-bond donors (Lipinski definition) is 0. The smallest absolute Gasteiger partial charge is 0.153 e. The minimum atomic E-state index is 0. The SMILES string of the molecule is C.CC(C)C.CC(C)C.CC(C)c1cn2nc(C(C)C)ccc2n1. The van der Waals surface area contributed by atoms with E-state index >= 15 is 0 Å². The van der Waals surface area contributed by atoms with Crippen molar-refractivity contribution in [3.63, 3.8) is 0 Å². The quantitative estimate of drug-likeness (QED) is 0.595. The third kappa shape index (κ3) is 10.4. The van der Waals surface area contributed by atoms with Crippen LogP contribution in [0.25, 0.3) is 5.65 Å². The van der Waals surface area contributed by atoms with Gasteiger partial charge in [-0.05, 0) is 35.8 Å². The van der Waals surface area contributed by atoms with E-state index in [1.807, 2.05) is 16.8 Å². The van der Waals surface area contributed by atoms with E-state index in [4.69, 9.17) is 0 Å². The molecule has 0 bridgehead atoms. The van der Waals surface area contributed by atoms with Crippen LogP contribution >= 0.6 is 0 Å². The van der Waals surface area contributed by atoms with E-state index in [2.05, 4.69) is 85.4 Å². The van der Waals surface area contributed by atoms with Crippen LogP contribution in [0.1, 0.15) is 99.9 Å². The van der Waals surface area contributed by atoms with Gasteiger partial charge in [0.1, 0.15) is 0 Å². The predicted molar refractivity (Wildman–Crippen MR) is 109 cm³/mol. The molecule has 0 N–H and O–H groups in total. The monoisotopic (exact) mass is 335 g/mol. The second-order valence-electron chi connectivity index (χ2n) is 8.00. The summed E-state index contributed by atoms with van der Waals surface area (Å²) in [7, 11) is 0. The summed E-state index contributed by atoms with van der Waals surface area (Å²) in [6.07, 6.45) is 2.02. The van der Waals surface area contributed by atoms with Crippen LogP contribution in [0.2, 0.25) is 0 Å². The Kier molecular flexibility index (Phi) is 12.5. The summed E-state index contributed by atoms with van der Waals surface area (Å²) < 4.78 is 1.88. The molecule has 0 fully saturated rings. The number of imidazole rings is 1. The topological polar surface area (TPSA) is 30.2 Å². The van der Waals surface area contributed by atoms with Gasteiger partial charge in [-0.15, -0.1) is 0 Å². The lowest BCUT2D eigenvalue weighted by molar-refractivity contribution is 0.736. The molecule has 24 heavy (non-hydrogen) atoms. The lowest BCUT2D eigenvalue weighted by Gasteiger charge is -2.03. The van der Waals surface area contributed by atoms with Gasteiger partial charge in [0.25, 0.3) is 0 Å². The lowest BCUT2D eigenvalue weighted by Crippen LogP contribution is -1.98. The molecule has 0 saturated carbocycles. The van der Waals surface area contributed by atoms with Gasteiger partial charge in [-0.25, -0.2) is 9.50 Å². The standard InChI is InChI=1S/C12H17N3.2C4H10.CH4/c1-8(2)10-5-6-12-13-11(9(3)4)7-15(12)14-10;2*1-4(2)3;/h5-9H,1-4H3;2*4H,1-3H3;1H4. The summed E-state index contributed by atoms with van der Waals surface area (Å²) in [6.45, 7) is 21.6. The highest BCUT2D eigenvalue weighted by Gasteiger charge is 2.07. The highest BCUT2D eigenvalue weighted by atomic mass is 15.2. The fraction of sp³-hybridized carbons (Fsp3) is 0.714. The first-order chi connectivity index (χ1) is 10.5. The van der Waals surface area contributed by atoms with E-state index in [1.165, 1.54) is 0 Å². The Labute approximate surface area is 150 Å². The Hall–Kier alpha value is -1.38. The second-order valence-corrected chi connectivity index (χ2v) is 8.00. The number of nitrogens with zero attached hydrogens (tertiary/aromatic N) is 3.